The van der Waals surface area contributed by atoms with Crippen molar-refractivity contribution in [2.75, 3.05) is 33.7 Å². The van der Waals surface area contributed by atoms with Crippen LogP contribution >= 0.6 is 0 Å². The van der Waals surface area contributed by atoms with Crippen LogP contribution in [-0.4, -0.2) is 55.5 Å². The van der Waals surface area contributed by atoms with Gasteiger partial charge in [0.2, 0.25) is 5.91 Å². The van der Waals surface area contributed by atoms with E-state index < -0.39 is 0 Å². The van der Waals surface area contributed by atoms with Crippen molar-refractivity contribution < 1.29 is 9.21 Å². The first kappa shape index (κ1) is 14.1. The van der Waals surface area contributed by atoms with Crippen molar-refractivity contribution in [1.29, 1.82) is 0 Å². The Morgan fingerprint density at radius 1 is 1.47 bits per heavy atom. The number of carbonyl (C=O) groups is 1. The van der Waals surface area contributed by atoms with Crippen LogP contribution in [0, 0.1) is 0 Å². The summed E-state index contributed by atoms with van der Waals surface area (Å²) in [5.74, 6) is 0.185. The molecule has 1 saturated heterocycles. The molecule has 5 heteroatoms. The molecule has 1 aliphatic rings. The Morgan fingerprint density at radius 2 is 2.21 bits per heavy atom. The fourth-order valence-corrected chi connectivity index (χ4v) is 2.28. The number of piperidine rings is 1. The number of nitrogens with zero attached hydrogens (tertiary/aromatic N) is 2. The maximum Gasteiger partial charge on any atom is 0.236 e. The normalized spacial score (nSPS) is 17.6. The van der Waals surface area contributed by atoms with Crippen LogP contribution in [0.25, 0.3) is 0 Å². The molecule has 0 aliphatic carbocycles. The Balaban J connectivity index is 1.66. The molecule has 0 spiro atoms. The third-order valence-corrected chi connectivity index (χ3v) is 3.62. The van der Waals surface area contributed by atoms with Gasteiger partial charge in [0.1, 0.15) is 0 Å². The zero-order valence-corrected chi connectivity index (χ0v) is 11.8. The highest BCUT2D eigenvalue weighted by Crippen LogP contribution is 2.11. The van der Waals surface area contributed by atoms with Crippen LogP contribution in [0.3, 0.4) is 0 Å². The molecule has 1 aromatic rings. The molecule has 0 atom stereocenters. The predicted molar refractivity (Wildman–Crippen MR) is 73.7 cm³/mol. The van der Waals surface area contributed by atoms with Gasteiger partial charge in [0.15, 0.2) is 0 Å². The maximum atomic E-state index is 11.6. The molecule has 1 N–H and O–H groups in total. The first-order valence-corrected chi connectivity index (χ1v) is 6.82. The summed E-state index contributed by atoms with van der Waals surface area (Å²) in [6, 6.07) is 2.53. The van der Waals surface area contributed by atoms with E-state index in [2.05, 4.69) is 10.2 Å². The largest absolute Gasteiger partial charge is 0.472 e. The number of hydrogen-bond donors (Lipinski definition) is 1. The van der Waals surface area contributed by atoms with Gasteiger partial charge in [-0.05, 0) is 18.9 Å². The first-order chi connectivity index (χ1) is 9.15. The van der Waals surface area contributed by atoms with Crippen LogP contribution in [0.5, 0.6) is 0 Å². The average molecular weight is 265 g/mol. The number of carbonyl (C=O) groups excluding carboxylic acids is 1. The summed E-state index contributed by atoms with van der Waals surface area (Å²) in [7, 11) is 3.61. The van der Waals surface area contributed by atoms with Crippen molar-refractivity contribution in [3.05, 3.63) is 24.2 Å². The molecule has 1 fully saturated rings. The number of likely N-dealkylation sites (tertiary alicyclic amines) is 1. The van der Waals surface area contributed by atoms with E-state index in [-0.39, 0.29) is 5.91 Å². The molecular weight excluding hydrogens is 242 g/mol. The molecule has 5 nitrogen and oxygen atoms in total. The Kier molecular flexibility index (Phi) is 4.99. The second-order valence-electron chi connectivity index (χ2n) is 5.35. The van der Waals surface area contributed by atoms with Crippen LogP contribution in [0.1, 0.15) is 18.4 Å². The predicted octanol–water partition coefficient (Wildman–Crippen LogP) is 0.922. The number of amides is 1. The minimum absolute atomic E-state index is 0.185. The Hall–Kier alpha value is -1.33. The standard InChI is InChI=1S/C14H23N3O2/c1-16(2)14(18)10-17-6-3-13(4-7-17)15-9-12-5-8-19-11-12/h5,8,11,13,15H,3-4,6-7,9-10H2,1-2H3. The quantitative estimate of drug-likeness (QED) is 0.860. The highest BCUT2D eigenvalue weighted by atomic mass is 16.3. The lowest BCUT2D eigenvalue weighted by Crippen LogP contribution is -2.45. The molecule has 0 saturated carbocycles. The molecule has 0 aromatic carbocycles. The van der Waals surface area contributed by atoms with Crippen molar-refractivity contribution in [1.82, 2.24) is 15.1 Å². The molecule has 1 aromatic heterocycles. The van der Waals surface area contributed by atoms with Gasteiger partial charge in [0, 0.05) is 45.3 Å². The van der Waals surface area contributed by atoms with Gasteiger partial charge in [-0.3, -0.25) is 9.69 Å². The lowest BCUT2D eigenvalue weighted by atomic mass is 10.0. The van der Waals surface area contributed by atoms with Crippen LogP contribution in [-0.2, 0) is 11.3 Å². The molecule has 2 rings (SSSR count). The molecule has 1 amide bonds. The van der Waals surface area contributed by atoms with E-state index in [0.29, 0.717) is 12.6 Å². The topological polar surface area (TPSA) is 48.7 Å². The second kappa shape index (κ2) is 6.73. The number of rotatable bonds is 5. The lowest BCUT2D eigenvalue weighted by molar-refractivity contribution is -0.130. The second-order valence-corrected chi connectivity index (χ2v) is 5.35. The van der Waals surface area contributed by atoms with Crippen LogP contribution in [0.4, 0.5) is 0 Å². The van der Waals surface area contributed by atoms with Crippen LogP contribution < -0.4 is 5.32 Å². The fourth-order valence-electron chi connectivity index (χ4n) is 2.28. The first-order valence-electron chi connectivity index (χ1n) is 6.82. The van der Waals surface area contributed by atoms with Crippen molar-refractivity contribution in [2.45, 2.75) is 25.4 Å². The van der Waals surface area contributed by atoms with E-state index in [1.807, 2.05) is 20.2 Å². The minimum Gasteiger partial charge on any atom is -0.472 e. The molecule has 19 heavy (non-hydrogen) atoms. The van der Waals surface area contributed by atoms with E-state index in [9.17, 15) is 4.79 Å². The van der Waals surface area contributed by atoms with E-state index in [0.717, 1.165) is 32.5 Å². The lowest BCUT2D eigenvalue weighted by Gasteiger charge is -2.32. The van der Waals surface area contributed by atoms with Crippen molar-refractivity contribution in [3.8, 4) is 0 Å². The third-order valence-electron chi connectivity index (χ3n) is 3.62. The van der Waals surface area contributed by atoms with Gasteiger partial charge in [0.25, 0.3) is 0 Å². The highest BCUT2D eigenvalue weighted by molar-refractivity contribution is 5.77. The molecule has 106 valence electrons. The van der Waals surface area contributed by atoms with Gasteiger partial charge >= 0.3 is 0 Å². The van der Waals surface area contributed by atoms with Gasteiger partial charge in [-0.15, -0.1) is 0 Å². The van der Waals surface area contributed by atoms with E-state index in [4.69, 9.17) is 4.42 Å². The van der Waals surface area contributed by atoms with E-state index in [1.54, 1.807) is 17.4 Å². The summed E-state index contributed by atoms with van der Waals surface area (Å²) in [5.41, 5.74) is 1.19. The zero-order valence-electron chi connectivity index (χ0n) is 11.8. The van der Waals surface area contributed by atoms with Gasteiger partial charge in [-0.25, -0.2) is 0 Å². The Morgan fingerprint density at radius 3 is 2.79 bits per heavy atom. The summed E-state index contributed by atoms with van der Waals surface area (Å²) in [5, 5.41) is 3.54. The number of furan rings is 1. The molecule has 1 aliphatic heterocycles. The average Bonchev–Trinajstić information content (AvgIpc) is 2.91. The van der Waals surface area contributed by atoms with Crippen molar-refractivity contribution in [2.24, 2.45) is 0 Å². The molecule has 2 heterocycles. The number of likely N-dealkylation sites (N-methyl/N-ethyl adjacent to an activating group) is 1. The van der Waals surface area contributed by atoms with E-state index in [1.165, 1.54) is 5.56 Å². The molecule has 0 radical (unpaired) electrons. The van der Waals surface area contributed by atoms with Crippen LogP contribution in [0.15, 0.2) is 23.0 Å². The summed E-state index contributed by atoms with van der Waals surface area (Å²) in [6.45, 7) is 3.38. The Labute approximate surface area is 114 Å². The SMILES string of the molecule is CN(C)C(=O)CN1CCC(NCc2ccoc2)CC1. The summed E-state index contributed by atoms with van der Waals surface area (Å²) < 4.78 is 5.05. The smallest absolute Gasteiger partial charge is 0.236 e. The number of hydrogen-bond acceptors (Lipinski definition) is 4. The third kappa shape index (κ3) is 4.36. The molecule has 0 unspecified atom stereocenters. The molecule has 0 bridgehead atoms. The van der Waals surface area contributed by atoms with Crippen molar-refractivity contribution in [3.63, 3.8) is 0 Å². The number of nitrogens with one attached hydrogen (secondary N) is 1. The Bertz CT molecular complexity index is 381. The molecular formula is C14H23N3O2. The van der Waals surface area contributed by atoms with Gasteiger partial charge in [-0.2, -0.15) is 0 Å². The van der Waals surface area contributed by atoms with Crippen molar-refractivity contribution >= 4 is 5.91 Å². The summed E-state index contributed by atoms with van der Waals surface area (Å²) in [4.78, 5) is 15.5. The van der Waals surface area contributed by atoms with E-state index >= 15 is 0 Å². The highest BCUT2D eigenvalue weighted by Gasteiger charge is 2.20. The summed E-state index contributed by atoms with van der Waals surface area (Å²) >= 11 is 0. The summed E-state index contributed by atoms with van der Waals surface area (Å²) in [6.07, 6.45) is 5.67. The zero-order chi connectivity index (χ0) is 13.7. The maximum absolute atomic E-state index is 11.6. The van der Waals surface area contributed by atoms with Gasteiger partial charge in [0.05, 0.1) is 19.1 Å². The van der Waals surface area contributed by atoms with Gasteiger partial charge in [-0.1, -0.05) is 0 Å². The van der Waals surface area contributed by atoms with Crippen LogP contribution in [0.2, 0.25) is 0 Å². The fraction of sp³-hybridized carbons (Fsp3) is 0.643. The minimum atomic E-state index is 0.185. The monoisotopic (exact) mass is 265 g/mol. The van der Waals surface area contributed by atoms with Gasteiger partial charge < -0.3 is 14.6 Å².